The van der Waals surface area contributed by atoms with Crippen LogP contribution in [0.4, 0.5) is 0 Å². The molecule has 16 heavy (non-hydrogen) atoms. The second-order valence-electron chi connectivity index (χ2n) is 5.69. The number of piperazine rings is 1. The van der Waals surface area contributed by atoms with Gasteiger partial charge in [0, 0.05) is 36.5 Å². The number of rotatable bonds is 3. The van der Waals surface area contributed by atoms with Crippen molar-refractivity contribution in [2.75, 3.05) is 25.4 Å². The summed E-state index contributed by atoms with van der Waals surface area (Å²) in [5.74, 6) is 1.37. The Labute approximate surface area is 105 Å². The van der Waals surface area contributed by atoms with Gasteiger partial charge in [-0.3, -0.25) is 4.90 Å². The summed E-state index contributed by atoms with van der Waals surface area (Å²) in [7, 11) is 0. The fourth-order valence-corrected chi connectivity index (χ4v) is 4.21. The fourth-order valence-electron chi connectivity index (χ4n) is 2.88. The standard InChI is InChI=1S/C13H26N2S/c1-4-12-9-15(11(2)8-14-12)10-13(3)6-5-7-16-13/h11-12,14H,4-10H2,1-3H3. The largest absolute Gasteiger partial charge is 0.311 e. The Bertz CT molecular complexity index is 226. The molecule has 3 heteroatoms. The van der Waals surface area contributed by atoms with Gasteiger partial charge in [-0.15, -0.1) is 0 Å². The van der Waals surface area contributed by atoms with Crippen molar-refractivity contribution in [3.05, 3.63) is 0 Å². The van der Waals surface area contributed by atoms with E-state index in [4.69, 9.17) is 0 Å². The molecule has 3 atom stereocenters. The molecule has 0 aromatic rings. The van der Waals surface area contributed by atoms with Crippen LogP contribution in [0.15, 0.2) is 0 Å². The van der Waals surface area contributed by atoms with Crippen LogP contribution in [0, 0.1) is 0 Å². The van der Waals surface area contributed by atoms with Crippen molar-refractivity contribution in [2.45, 2.75) is 56.9 Å². The Morgan fingerprint density at radius 1 is 1.50 bits per heavy atom. The Morgan fingerprint density at radius 2 is 2.31 bits per heavy atom. The van der Waals surface area contributed by atoms with Gasteiger partial charge in [-0.25, -0.2) is 0 Å². The van der Waals surface area contributed by atoms with Crippen molar-refractivity contribution in [1.82, 2.24) is 10.2 Å². The van der Waals surface area contributed by atoms with E-state index in [0.717, 1.165) is 0 Å². The molecule has 2 fully saturated rings. The number of nitrogens with zero attached hydrogens (tertiary/aromatic N) is 1. The second kappa shape index (κ2) is 5.28. The zero-order valence-electron chi connectivity index (χ0n) is 11.0. The van der Waals surface area contributed by atoms with E-state index in [-0.39, 0.29) is 0 Å². The van der Waals surface area contributed by atoms with Gasteiger partial charge >= 0.3 is 0 Å². The van der Waals surface area contributed by atoms with Gasteiger partial charge in [0.1, 0.15) is 0 Å². The Kier molecular flexibility index (Phi) is 4.20. The molecule has 0 amide bonds. The lowest BCUT2D eigenvalue weighted by Crippen LogP contribution is -2.57. The van der Waals surface area contributed by atoms with E-state index >= 15 is 0 Å². The zero-order valence-corrected chi connectivity index (χ0v) is 11.8. The maximum atomic E-state index is 3.64. The van der Waals surface area contributed by atoms with E-state index in [2.05, 4.69) is 42.7 Å². The number of hydrogen-bond donors (Lipinski definition) is 1. The first-order valence-corrected chi connectivity index (χ1v) is 7.73. The van der Waals surface area contributed by atoms with Gasteiger partial charge in [0.05, 0.1) is 0 Å². The highest BCUT2D eigenvalue weighted by Crippen LogP contribution is 2.38. The molecule has 2 aliphatic heterocycles. The molecule has 1 N–H and O–H groups in total. The number of hydrogen-bond acceptors (Lipinski definition) is 3. The molecule has 2 aliphatic rings. The van der Waals surface area contributed by atoms with Crippen LogP contribution >= 0.6 is 11.8 Å². The Balaban J connectivity index is 1.91. The molecule has 3 unspecified atom stereocenters. The van der Waals surface area contributed by atoms with Crippen LogP contribution in [0.1, 0.15) is 40.0 Å². The Hall–Kier alpha value is 0.270. The van der Waals surface area contributed by atoms with E-state index in [1.54, 1.807) is 0 Å². The van der Waals surface area contributed by atoms with E-state index < -0.39 is 0 Å². The lowest BCUT2D eigenvalue weighted by atomic mass is 10.0. The molecule has 0 aromatic heterocycles. The van der Waals surface area contributed by atoms with Crippen LogP contribution in [0.3, 0.4) is 0 Å². The van der Waals surface area contributed by atoms with Gasteiger partial charge in [0.25, 0.3) is 0 Å². The minimum absolute atomic E-state index is 0.532. The minimum Gasteiger partial charge on any atom is -0.311 e. The van der Waals surface area contributed by atoms with E-state index in [1.807, 2.05) is 0 Å². The molecule has 0 bridgehead atoms. The molecule has 0 aliphatic carbocycles. The highest BCUT2D eigenvalue weighted by molar-refractivity contribution is 8.00. The predicted molar refractivity (Wildman–Crippen MR) is 73.2 cm³/mol. The van der Waals surface area contributed by atoms with E-state index in [9.17, 15) is 0 Å². The van der Waals surface area contributed by atoms with Crippen LogP contribution in [0.5, 0.6) is 0 Å². The molecule has 0 aromatic carbocycles. The van der Waals surface area contributed by atoms with Crippen molar-refractivity contribution in [1.29, 1.82) is 0 Å². The Morgan fingerprint density at radius 3 is 2.94 bits per heavy atom. The van der Waals surface area contributed by atoms with Crippen molar-refractivity contribution in [3.63, 3.8) is 0 Å². The quantitative estimate of drug-likeness (QED) is 0.818. The van der Waals surface area contributed by atoms with Gasteiger partial charge in [0.2, 0.25) is 0 Å². The fraction of sp³-hybridized carbons (Fsp3) is 1.00. The topological polar surface area (TPSA) is 15.3 Å². The van der Waals surface area contributed by atoms with Crippen LogP contribution in [-0.4, -0.2) is 47.1 Å². The summed E-state index contributed by atoms with van der Waals surface area (Å²) in [6, 6.07) is 1.42. The first-order valence-electron chi connectivity index (χ1n) is 6.74. The third-order valence-electron chi connectivity index (χ3n) is 4.11. The second-order valence-corrected chi connectivity index (χ2v) is 7.38. The predicted octanol–water partition coefficient (Wildman–Crippen LogP) is 2.34. The lowest BCUT2D eigenvalue weighted by Gasteiger charge is -2.42. The lowest BCUT2D eigenvalue weighted by molar-refractivity contribution is 0.127. The summed E-state index contributed by atoms with van der Waals surface area (Å²) in [5.41, 5.74) is 0. The molecule has 0 saturated carbocycles. The average molecular weight is 242 g/mol. The van der Waals surface area contributed by atoms with Crippen LogP contribution in [0.2, 0.25) is 0 Å². The molecule has 0 spiro atoms. The molecule has 2 heterocycles. The summed E-state index contributed by atoms with van der Waals surface area (Å²) in [4.78, 5) is 2.71. The van der Waals surface area contributed by atoms with Crippen LogP contribution in [0.25, 0.3) is 0 Å². The molecule has 0 radical (unpaired) electrons. The van der Waals surface area contributed by atoms with Crippen LogP contribution < -0.4 is 5.32 Å². The monoisotopic (exact) mass is 242 g/mol. The van der Waals surface area contributed by atoms with Crippen molar-refractivity contribution in [2.24, 2.45) is 0 Å². The maximum Gasteiger partial charge on any atom is 0.0259 e. The first kappa shape index (κ1) is 12.7. The molecular weight excluding hydrogens is 216 g/mol. The van der Waals surface area contributed by atoms with Crippen LogP contribution in [-0.2, 0) is 0 Å². The van der Waals surface area contributed by atoms with Crippen molar-refractivity contribution >= 4 is 11.8 Å². The van der Waals surface area contributed by atoms with Gasteiger partial charge in [0.15, 0.2) is 0 Å². The molecule has 2 saturated heterocycles. The molecule has 2 rings (SSSR count). The van der Waals surface area contributed by atoms with E-state index in [1.165, 1.54) is 44.6 Å². The number of thioether (sulfide) groups is 1. The highest BCUT2D eigenvalue weighted by Gasteiger charge is 2.34. The summed E-state index contributed by atoms with van der Waals surface area (Å²) < 4.78 is 0.532. The third-order valence-corrected chi connectivity index (χ3v) is 5.63. The first-order chi connectivity index (χ1) is 7.63. The number of nitrogens with one attached hydrogen (secondary N) is 1. The molecule has 94 valence electrons. The van der Waals surface area contributed by atoms with Crippen molar-refractivity contribution < 1.29 is 0 Å². The summed E-state index contributed by atoms with van der Waals surface area (Å²) >= 11 is 2.19. The summed E-state index contributed by atoms with van der Waals surface area (Å²) in [6.45, 7) is 10.8. The zero-order chi connectivity index (χ0) is 11.6. The normalized spacial score (nSPS) is 41.4. The average Bonchev–Trinajstić information content (AvgIpc) is 2.68. The smallest absolute Gasteiger partial charge is 0.0259 e. The minimum atomic E-state index is 0.532. The van der Waals surface area contributed by atoms with Gasteiger partial charge < -0.3 is 5.32 Å². The van der Waals surface area contributed by atoms with Gasteiger partial charge in [-0.2, -0.15) is 11.8 Å². The van der Waals surface area contributed by atoms with E-state index in [0.29, 0.717) is 16.8 Å². The molecule has 2 nitrogen and oxygen atoms in total. The maximum absolute atomic E-state index is 3.64. The molecular formula is C13H26N2S. The van der Waals surface area contributed by atoms with Gasteiger partial charge in [-0.05, 0) is 38.9 Å². The SMILES string of the molecule is CCC1CN(CC2(C)CCCS2)C(C)CN1. The highest BCUT2D eigenvalue weighted by atomic mass is 32.2. The third kappa shape index (κ3) is 2.93. The summed E-state index contributed by atoms with van der Waals surface area (Å²) in [6.07, 6.45) is 4.08. The summed E-state index contributed by atoms with van der Waals surface area (Å²) in [5, 5.41) is 3.64. The van der Waals surface area contributed by atoms with Gasteiger partial charge in [-0.1, -0.05) is 6.92 Å². The van der Waals surface area contributed by atoms with Crippen molar-refractivity contribution in [3.8, 4) is 0 Å².